The highest BCUT2D eigenvalue weighted by Gasteiger charge is 2.48. The summed E-state index contributed by atoms with van der Waals surface area (Å²) in [5.74, 6) is 1.90. The van der Waals surface area contributed by atoms with Crippen LogP contribution in [0.1, 0.15) is 31.4 Å². The summed E-state index contributed by atoms with van der Waals surface area (Å²) < 4.78 is 6.18. The number of fused-ring (bicyclic) bond motifs is 1. The van der Waals surface area contributed by atoms with Crippen LogP contribution in [0.5, 0.6) is 5.75 Å². The summed E-state index contributed by atoms with van der Waals surface area (Å²) in [5, 5.41) is 11.4. The Morgan fingerprint density at radius 3 is 3.06 bits per heavy atom. The van der Waals surface area contributed by atoms with Crippen molar-refractivity contribution in [3.63, 3.8) is 0 Å². The molecular weight excluding hydrogens is 256 g/mol. The Morgan fingerprint density at radius 1 is 1.53 bits per heavy atom. The van der Waals surface area contributed by atoms with Gasteiger partial charge in [0.25, 0.3) is 0 Å². The first-order valence-electron chi connectivity index (χ1n) is 5.89. The van der Waals surface area contributed by atoms with Crippen LogP contribution in [-0.4, -0.2) is 21.7 Å². The van der Waals surface area contributed by atoms with E-state index < -0.39 is 6.10 Å². The van der Waals surface area contributed by atoms with Gasteiger partial charge in [0.15, 0.2) is 0 Å². The molecule has 1 aromatic carbocycles. The van der Waals surface area contributed by atoms with Crippen molar-refractivity contribution in [1.29, 1.82) is 0 Å². The summed E-state index contributed by atoms with van der Waals surface area (Å²) in [7, 11) is 0. The quantitative estimate of drug-likeness (QED) is 0.783. The topological polar surface area (TPSA) is 29.5 Å². The maximum absolute atomic E-state index is 10.3. The van der Waals surface area contributed by atoms with Gasteiger partial charge in [-0.2, -0.15) is 11.8 Å². The van der Waals surface area contributed by atoms with Crippen molar-refractivity contribution >= 4 is 23.4 Å². The Morgan fingerprint density at radius 2 is 2.35 bits per heavy atom. The van der Waals surface area contributed by atoms with Gasteiger partial charge in [0.05, 0.1) is 6.10 Å². The van der Waals surface area contributed by atoms with E-state index in [-0.39, 0.29) is 5.60 Å². The van der Waals surface area contributed by atoms with Crippen molar-refractivity contribution in [2.45, 2.75) is 36.7 Å². The normalized spacial score (nSPS) is 35.7. The average Bonchev–Trinajstić information content (AvgIpc) is 2.62. The van der Waals surface area contributed by atoms with Crippen molar-refractivity contribution in [3.05, 3.63) is 28.8 Å². The zero-order chi connectivity index (χ0) is 12.0. The lowest BCUT2D eigenvalue weighted by molar-refractivity contribution is -0.0103. The molecule has 2 nitrogen and oxygen atoms in total. The minimum absolute atomic E-state index is 0.190. The van der Waals surface area contributed by atoms with Gasteiger partial charge in [-0.3, -0.25) is 0 Å². The molecule has 0 saturated carbocycles. The second-order valence-electron chi connectivity index (χ2n) is 4.83. The number of ether oxygens (including phenoxy) is 1. The van der Waals surface area contributed by atoms with Crippen LogP contribution in [0, 0.1) is 0 Å². The van der Waals surface area contributed by atoms with E-state index >= 15 is 0 Å². The number of aliphatic hydroxyl groups excluding tert-OH is 1. The zero-order valence-corrected chi connectivity index (χ0v) is 11.2. The van der Waals surface area contributed by atoms with E-state index in [4.69, 9.17) is 16.3 Å². The second-order valence-corrected chi connectivity index (χ2v) is 6.72. The van der Waals surface area contributed by atoms with Gasteiger partial charge in [0.1, 0.15) is 11.4 Å². The van der Waals surface area contributed by atoms with E-state index in [9.17, 15) is 5.11 Å². The molecule has 0 aromatic heterocycles. The molecule has 1 N–H and O–H groups in total. The number of hydrogen-bond acceptors (Lipinski definition) is 3. The Balaban J connectivity index is 2.01. The Labute approximate surface area is 110 Å². The predicted octanol–water partition coefficient (Wildman–Crippen LogP) is 3.42. The van der Waals surface area contributed by atoms with Crippen molar-refractivity contribution < 1.29 is 9.84 Å². The van der Waals surface area contributed by atoms with Crippen LogP contribution in [0.25, 0.3) is 0 Å². The molecule has 2 heterocycles. The molecule has 0 amide bonds. The smallest absolute Gasteiger partial charge is 0.126 e. The summed E-state index contributed by atoms with van der Waals surface area (Å²) in [6, 6.07) is 5.50. The molecule has 3 rings (SSSR count). The van der Waals surface area contributed by atoms with E-state index in [0.717, 1.165) is 23.5 Å². The molecule has 0 aliphatic carbocycles. The van der Waals surface area contributed by atoms with Gasteiger partial charge in [-0.05, 0) is 37.3 Å². The summed E-state index contributed by atoms with van der Waals surface area (Å²) in [4.78, 5) is 0. The molecule has 4 heteroatoms. The van der Waals surface area contributed by atoms with Crippen molar-refractivity contribution in [2.24, 2.45) is 0 Å². The van der Waals surface area contributed by atoms with Crippen LogP contribution in [-0.2, 0) is 0 Å². The van der Waals surface area contributed by atoms with Gasteiger partial charge in [-0.15, -0.1) is 0 Å². The number of hydrogen-bond donors (Lipinski definition) is 1. The lowest BCUT2D eigenvalue weighted by atomic mass is 9.85. The second kappa shape index (κ2) is 4.08. The van der Waals surface area contributed by atoms with Crippen LogP contribution >= 0.6 is 23.4 Å². The zero-order valence-electron chi connectivity index (χ0n) is 9.65. The highest BCUT2D eigenvalue weighted by Crippen LogP contribution is 2.49. The summed E-state index contributed by atoms with van der Waals surface area (Å²) in [5.41, 5.74) is 0.637. The van der Waals surface area contributed by atoms with Crippen molar-refractivity contribution in [2.75, 3.05) is 5.75 Å². The molecule has 2 aliphatic rings. The van der Waals surface area contributed by atoms with Crippen LogP contribution in [0.2, 0.25) is 5.02 Å². The Bertz CT molecular complexity index is 451. The predicted molar refractivity (Wildman–Crippen MR) is 70.9 cm³/mol. The highest BCUT2D eigenvalue weighted by atomic mass is 35.5. The Hall–Kier alpha value is -0.380. The standard InChI is InChI=1S/C13H15ClO2S/c1-8-13(4-5-17-8)7-11(15)10-6-9(14)2-3-12(10)16-13/h2-3,6,8,11,15H,4-5,7H2,1H3/t8?,11-,13?/m0/s1. The summed E-state index contributed by atoms with van der Waals surface area (Å²) in [6.45, 7) is 2.19. The van der Waals surface area contributed by atoms with E-state index in [0.29, 0.717) is 16.7 Å². The van der Waals surface area contributed by atoms with Crippen LogP contribution in [0.3, 0.4) is 0 Å². The third-order valence-corrected chi connectivity index (χ3v) is 5.42. The largest absolute Gasteiger partial charge is 0.486 e. The fraction of sp³-hybridized carbons (Fsp3) is 0.538. The lowest BCUT2D eigenvalue weighted by Crippen LogP contribution is -2.45. The molecule has 2 aliphatic heterocycles. The lowest BCUT2D eigenvalue weighted by Gasteiger charge is -2.40. The SMILES string of the molecule is CC1SCCC12C[C@H](O)c1cc(Cl)ccc1O2. The molecule has 0 radical (unpaired) electrons. The monoisotopic (exact) mass is 270 g/mol. The molecule has 1 saturated heterocycles. The summed E-state index contributed by atoms with van der Waals surface area (Å²) in [6.07, 6.45) is 1.23. The molecule has 17 heavy (non-hydrogen) atoms. The molecule has 1 spiro atoms. The minimum Gasteiger partial charge on any atom is -0.486 e. The van der Waals surface area contributed by atoms with Gasteiger partial charge >= 0.3 is 0 Å². The van der Waals surface area contributed by atoms with Gasteiger partial charge in [-0.1, -0.05) is 11.6 Å². The van der Waals surface area contributed by atoms with Crippen LogP contribution in [0.4, 0.5) is 0 Å². The van der Waals surface area contributed by atoms with E-state index in [1.807, 2.05) is 23.9 Å². The van der Waals surface area contributed by atoms with Crippen LogP contribution in [0.15, 0.2) is 18.2 Å². The van der Waals surface area contributed by atoms with Gasteiger partial charge < -0.3 is 9.84 Å². The van der Waals surface area contributed by atoms with Crippen molar-refractivity contribution in [3.8, 4) is 5.75 Å². The third-order valence-electron chi connectivity index (χ3n) is 3.82. The maximum Gasteiger partial charge on any atom is 0.126 e. The third kappa shape index (κ3) is 1.85. The fourth-order valence-electron chi connectivity index (χ4n) is 2.74. The Kier molecular flexibility index (Phi) is 2.80. The molecule has 2 unspecified atom stereocenters. The molecule has 1 aromatic rings. The van der Waals surface area contributed by atoms with E-state index in [1.165, 1.54) is 0 Å². The number of halogens is 1. The van der Waals surface area contributed by atoms with Crippen LogP contribution < -0.4 is 4.74 Å². The molecule has 0 bridgehead atoms. The van der Waals surface area contributed by atoms with Gasteiger partial charge in [0.2, 0.25) is 0 Å². The fourth-order valence-corrected chi connectivity index (χ4v) is 4.30. The maximum atomic E-state index is 10.3. The van der Waals surface area contributed by atoms with Crippen molar-refractivity contribution in [1.82, 2.24) is 0 Å². The van der Waals surface area contributed by atoms with E-state index in [1.54, 1.807) is 6.07 Å². The number of rotatable bonds is 0. The molecular formula is C13H15ClO2S. The minimum atomic E-state index is -0.460. The number of thioether (sulfide) groups is 1. The first-order valence-corrected chi connectivity index (χ1v) is 7.31. The molecule has 1 fully saturated rings. The average molecular weight is 271 g/mol. The molecule has 3 atom stereocenters. The number of benzene rings is 1. The highest BCUT2D eigenvalue weighted by molar-refractivity contribution is 8.00. The van der Waals surface area contributed by atoms with E-state index in [2.05, 4.69) is 6.92 Å². The van der Waals surface area contributed by atoms with Gasteiger partial charge in [-0.25, -0.2) is 0 Å². The number of aliphatic hydroxyl groups is 1. The molecule has 92 valence electrons. The first-order chi connectivity index (χ1) is 8.11. The van der Waals surface area contributed by atoms with Gasteiger partial charge in [0, 0.05) is 22.3 Å². The first kappa shape index (κ1) is 11.7. The summed E-state index contributed by atoms with van der Waals surface area (Å²) >= 11 is 7.87.